The zero-order chi connectivity index (χ0) is 15.1. The van der Waals surface area contributed by atoms with Gasteiger partial charge in [-0.05, 0) is 42.0 Å². The van der Waals surface area contributed by atoms with Crippen molar-refractivity contribution < 1.29 is 9.47 Å². The first kappa shape index (κ1) is 16.7. The number of rotatable bonds is 8. The highest BCUT2D eigenvalue weighted by Gasteiger charge is 2.09. The molecule has 0 aliphatic rings. The molecule has 0 N–H and O–H groups in total. The monoisotopic (exact) mass is 281 g/mol. The van der Waals surface area contributed by atoms with Gasteiger partial charge in [-0.3, -0.25) is 0 Å². The summed E-state index contributed by atoms with van der Waals surface area (Å²) < 4.78 is 11.6. The van der Waals surface area contributed by atoms with Gasteiger partial charge in [0.25, 0.3) is 0 Å². The highest BCUT2D eigenvalue weighted by atomic mass is 16.5. The number of hydrogen-bond donors (Lipinski definition) is 0. The fraction of sp³-hybridized carbons (Fsp3) is 0.667. The van der Waals surface area contributed by atoms with Gasteiger partial charge in [-0.2, -0.15) is 4.98 Å². The van der Waals surface area contributed by atoms with E-state index in [9.17, 15) is 0 Å². The van der Waals surface area contributed by atoms with E-state index in [0.717, 1.165) is 13.1 Å². The molecule has 2 atom stereocenters. The van der Waals surface area contributed by atoms with Gasteiger partial charge >= 0.3 is 0 Å². The maximum absolute atomic E-state index is 5.79. The Hall–Kier alpha value is -1.33. The lowest BCUT2D eigenvalue weighted by Gasteiger charge is -2.20. The minimum absolute atomic E-state index is 0.0898. The quantitative estimate of drug-likeness (QED) is 0.725. The number of aromatic nitrogens is 1. The molecule has 1 aromatic rings. The van der Waals surface area contributed by atoms with Crippen LogP contribution in [0.4, 0.5) is 0 Å². The minimum atomic E-state index is 0.0898. The highest BCUT2D eigenvalue weighted by Crippen LogP contribution is 2.16. The molecule has 5 heteroatoms. The van der Waals surface area contributed by atoms with Gasteiger partial charge in [0.05, 0.1) is 0 Å². The predicted molar refractivity (Wildman–Crippen MR) is 81.5 cm³/mol. The molecule has 0 radical (unpaired) electrons. The summed E-state index contributed by atoms with van der Waals surface area (Å²) in [5, 5.41) is 0. The lowest BCUT2D eigenvalue weighted by atomic mass is 10.3. The summed E-state index contributed by atoms with van der Waals surface area (Å²) in [4.78, 5) is 8.56. The van der Waals surface area contributed by atoms with Gasteiger partial charge in [-0.1, -0.05) is 6.07 Å². The van der Waals surface area contributed by atoms with E-state index in [1.165, 1.54) is 0 Å². The Labute approximate surface area is 122 Å². The zero-order valence-corrected chi connectivity index (χ0v) is 13.5. The molecule has 0 fully saturated rings. The molecule has 1 rings (SSSR count). The largest absolute Gasteiger partial charge is 0.473 e. The Bertz CT molecular complexity index is 363. The van der Waals surface area contributed by atoms with E-state index in [4.69, 9.17) is 9.47 Å². The molecule has 0 spiro atoms. The molecule has 1 heterocycles. The van der Waals surface area contributed by atoms with Crippen LogP contribution in [0.15, 0.2) is 18.2 Å². The van der Waals surface area contributed by atoms with Crippen molar-refractivity contribution in [1.82, 2.24) is 14.8 Å². The SMILES string of the molecule is CC(CN(C)C)Oc1cccc(OC(C)CN(C)C)n1. The molecule has 0 aliphatic heterocycles. The van der Waals surface area contributed by atoms with Crippen LogP contribution in [0.25, 0.3) is 0 Å². The topological polar surface area (TPSA) is 37.8 Å². The summed E-state index contributed by atoms with van der Waals surface area (Å²) in [5.41, 5.74) is 0. The zero-order valence-electron chi connectivity index (χ0n) is 13.5. The van der Waals surface area contributed by atoms with Crippen LogP contribution in [0.2, 0.25) is 0 Å². The van der Waals surface area contributed by atoms with Crippen molar-refractivity contribution in [3.05, 3.63) is 18.2 Å². The summed E-state index contributed by atoms with van der Waals surface area (Å²) in [6, 6.07) is 5.62. The van der Waals surface area contributed by atoms with E-state index in [2.05, 4.69) is 14.8 Å². The second kappa shape index (κ2) is 8.07. The Morgan fingerprint density at radius 2 is 1.30 bits per heavy atom. The van der Waals surface area contributed by atoms with E-state index < -0.39 is 0 Å². The van der Waals surface area contributed by atoms with Crippen LogP contribution in [0.3, 0.4) is 0 Å². The van der Waals surface area contributed by atoms with Crippen molar-refractivity contribution in [3.8, 4) is 11.8 Å². The Morgan fingerprint density at radius 1 is 0.900 bits per heavy atom. The molecule has 0 saturated carbocycles. The van der Waals surface area contributed by atoms with Gasteiger partial charge in [-0.25, -0.2) is 0 Å². The fourth-order valence-electron chi connectivity index (χ4n) is 2.04. The predicted octanol–water partition coefficient (Wildman–Crippen LogP) is 1.74. The lowest BCUT2D eigenvalue weighted by Crippen LogP contribution is -2.29. The molecule has 0 saturated heterocycles. The summed E-state index contributed by atoms with van der Waals surface area (Å²) in [6.45, 7) is 5.77. The van der Waals surface area contributed by atoms with E-state index >= 15 is 0 Å². The van der Waals surface area contributed by atoms with Crippen LogP contribution in [-0.4, -0.2) is 68.3 Å². The first-order valence-electron chi connectivity index (χ1n) is 6.96. The van der Waals surface area contributed by atoms with Crippen molar-refractivity contribution >= 4 is 0 Å². The standard InChI is InChI=1S/C15H27N3O2/c1-12(10-17(3)4)19-14-8-7-9-15(16-14)20-13(2)11-18(5)6/h7-9,12-13H,10-11H2,1-6H3. The first-order valence-corrected chi connectivity index (χ1v) is 6.96. The van der Waals surface area contributed by atoms with E-state index in [1.54, 1.807) is 0 Å². The maximum Gasteiger partial charge on any atom is 0.216 e. The third kappa shape index (κ3) is 6.73. The average Bonchev–Trinajstić information content (AvgIpc) is 2.26. The van der Waals surface area contributed by atoms with Crippen molar-refractivity contribution in [2.45, 2.75) is 26.1 Å². The van der Waals surface area contributed by atoms with Crippen molar-refractivity contribution in [3.63, 3.8) is 0 Å². The normalized spacial score (nSPS) is 14.4. The van der Waals surface area contributed by atoms with Gasteiger partial charge < -0.3 is 19.3 Å². The Balaban J connectivity index is 2.57. The van der Waals surface area contributed by atoms with Crippen LogP contribution >= 0.6 is 0 Å². The second-order valence-corrected chi connectivity index (χ2v) is 5.70. The number of likely N-dealkylation sites (N-methyl/N-ethyl adjacent to an activating group) is 2. The third-order valence-electron chi connectivity index (χ3n) is 2.59. The molecule has 5 nitrogen and oxygen atoms in total. The van der Waals surface area contributed by atoms with Crippen LogP contribution in [0.5, 0.6) is 11.8 Å². The van der Waals surface area contributed by atoms with Crippen molar-refractivity contribution in [2.75, 3.05) is 41.3 Å². The Kier molecular flexibility index (Phi) is 6.75. The molecule has 1 aromatic heterocycles. The summed E-state index contributed by atoms with van der Waals surface area (Å²) >= 11 is 0. The lowest BCUT2D eigenvalue weighted by molar-refractivity contribution is 0.155. The molecule has 114 valence electrons. The van der Waals surface area contributed by atoms with Crippen LogP contribution in [0.1, 0.15) is 13.8 Å². The minimum Gasteiger partial charge on any atom is -0.473 e. The summed E-state index contributed by atoms with van der Waals surface area (Å²) in [7, 11) is 8.09. The van der Waals surface area contributed by atoms with Crippen LogP contribution in [-0.2, 0) is 0 Å². The molecule has 0 bridgehead atoms. The van der Waals surface area contributed by atoms with Gasteiger partial charge in [0.15, 0.2) is 0 Å². The van der Waals surface area contributed by atoms with Gasteiger partial charge in [0.2, 0.25) is 11.8 Å². The van der Waals surface area contributed by atoms with Gasteiger partial charge in [0.1, 0.15) is 12.2 Å². The number of pyridine rings is 1. The Morgan fingerprint density at radius 3 is 1.65 bits per heavy atom. The molecule has 0 aromatic carbocycles. The number of nitrogens with zero attached hydrogens (tertiary/aromatic N) is 3. The molecular formula is C15H27N3O2. The second-order valence-electron chi connectivity index (χ2n) is 5.70. The highest BCUT2D eigenvalue weighted by molar-refractivity contribution is 5.20. The molecule has 20 heavy (non-hydrogen) atoms. The maximum atomic E-state index is 5.79. The molecule has 0 amide bonds. The summed E-state index contributed by atoms with van der Waals surface area (Å²) in [6.07, 6.45) is 0.180. The fourth-order valence-corrected chi connectivity index (χ4v) is 2.04. The van der Waals surface area contributed by atoms with Crippen LogP contribution < -0.4 is 9.47 Å². The van der Waals surface area contributed by atoms with Crippen LogP contribution in [0, 0.1) is 0 Å². The van der Waals surface area contributed by atoms with Gasteiger partial charge in [0, 0.05) is 25.2 Å². The molecule has 0 aliphatic carbocycles. The van der Waals surface area contributed by atoms with Crippen molar-refractivity contribution in [2.24, 2.45) is 0 Å². The van der Waals surface area contributed by atoms with Crippen molar-refractivity contribution in [1.29, 1.82) is 0 Å². The number of ether oxygens (including phenoxy) is 2. The molecular weight excluding hydrogens is 254 g/mol. The average molecular weight is 281 g/mol. The van der Waals surface area contributed by atoms with Gasteiger partial charge in [-0.15, -0.1) is 0 Å². The summed E-state index contributed by atoms with van der Waals surface area (Å²) in [5.74, 6) is 1.21. The molecule has 2 unspecified atom stereocenters. The van der Waals surface area contributed by atoms with E-state index in [0.29, 0.717) is 11.8 Å². The van der Waals surface area contributed by atoms with E-state index in [-0.39, 0.29) is 12.2 Å². The smallest absolute Gasteiger partial charge is 0.216 e. The third-order valence-corrected chi connectivity index (χ3v) is 2.59. The first-order chi connectivity index (χ1) is 9.36. The van der Waals surface area contributed by atoms with E-state index in [1.807, 2.05) is 60.2 Å². The number of hydrogen-bond acceptors (Lipinski definition) is 5.